The van der Waals surface area contributed by atoms with Gasteiger partial charge >= 0.3 is 36.1 Å². The third kappa shape index (κ3) is 6.77. The number of imide groups is 1. The Hall–Kier alpha value is -5.49. The summed E-state index contributed by atoms with van der Waals surface area (Å²) >= 11 is 12.9. The lowest BCUT2D eigenvalue weighted by molar-refractivity contribution is -0.172. The summed E-state index contributed by atoms with van der Waals surface area (Å²) in [5, 5.41) is 9.95. The van der Waals surface area contributed by atoms with Crippen molar-refractivity contribution in [3.63, 3.8) is 0 Å². The van der Waals surface area contributed by atoms with E-state index >= 15 is 0 Å². The third-order valence-electron chi connectivity index (χ3n) is 6.77. The van der Waals surface area contributed by atoms with Crippen molar-refractivity contribution >= 4 is 75.4 Å². The number of hydrogen-bond acceptors (Lipinski definition) is 8. The Morgan fingerprint density at radius 3 is 2.14 bits per heavy atom. The zero-order valence-electron chi connectivity index (χ0n) is 23.6. The molecule has 0 spiro atoms. The van der Waals surface area contributed by atoms with E-state index < -0.39 is 91.5 Å². The zero-order chi connectivity index (χ0) is 36.2. The van der Waals surface area contributed by atoms with Crippen LogP contribution in [0.5, 0.6) is 0 Å². The lowest BCUT2D eigenvalue weighted by atomic mass is 9.89. The van der Waals surface area contributed by atoms with Crippen LogP contribution in [0.25, 0.3) is 33.4 Å². The summed E-state index contributed by atoms with van der Waals surface area (Å²) in [4.78, 5) is 80.3. The van der Waals surface area contributed by atoms with Gasteiger partial charge in [-0.1, -0.05) is 23.2 Å². The fourth-order valence-corrected chi connectivity index (χ4v) is 5.29. The minimum Gasteiger partial charge on any atom is -0.478 e. The first-order valence-corrected chi connectivity index (χ1v) is 13.9. The molecule has 0 aromatic heterocycles. The first-order chi connectivity index (χ1) is 22.8. The molecule has 0 bridgehead atoms. The highest BCUT2D eigenvalue weighted by Crippen LogP contribution is 2.47. The van der Waals surface area contributed by atoms with Crippen molar-refractivity contribution in [1.82, 2.24) is 5.06 Å². The molecule has 0 saturated carbocycles. The topological polar surface area (TPSA) is 173 Å². The van der Waals surface area contributed by atoms with Crippen LogP contribution < -0.4 is 10.7 Å². The van der Waals surface area contributed by atoms with E-state index in [2.05, 4.69) is 4.99 Å². The van der Waals surface area contributed by atoms with Crippen LogP contribution in [0.15, 0.2) is 51.9 Å². The Bertz CT molecular complexity index is 2160. The fraction of sp³-hybridized carbons (Fsp3) is 0.138. The summed E-state index contributed by atoms with van der Waals surface area (Å²) in [7, 11) is 0. The third-order valence-corrected chi connectivity index (χ3v) is 7.46. The Kier molecular flexibility index (Phi) is 8.90. The largest absolute Gasteiger partial charge is 0.478 e. The molecular weight excluding hydrogens is 719 g/mol. The predicted molar refractivity (Wildman–Crippen MR) is 153 cm³/mol. The van der Waals surface area contributed by atoms with Gasteiger partial charge in [0.15, 0.2) is 0 Å². The van der Waals surface area contributed by atoms with Crippen molar-refractivity contribution < 1.29 is 69.5 Å². The molecule has 12 nitrogen and oxygen atoms in total. The van der Waals surface area contributed by atoms with Crippen molar-refractivity contribution in [2.75, 3.05) is 5.32 Å². The molecule has 2 aliphatic heterocycles. The monoisotopic (exact) mass is 731 g/mol. The number of alkyl halides is 6. The lowest BCUT2D eigenvalue weighted by Gasteiger charge is -2.20. The number of aromatic carboxylic acids is 1. The molecule has 3 aliphatic rings. The van der Waals surface area contributed by atoms with Gasteiger partial charge in [-0.25, -0.2) is 14.6 Å². The summed E-state index contributed by atoms with van der Waals surface area (Å²) in [5.74, 6) is -10.3. The van der Waals surface area contributed by atoms with Gasteiger partial charge in [0.25, 0.3) is 11.8 Å². The van der Waals surface area contributed by atoms with E-state index in [1.165, 1.54) is 0 Å². The number of carboxylic acids is 1. The van der Waals surface area contributed by atoms with Gasteiger partial charge in [-0.05, 0) is 30.3 Å². The molecule has 0 atom stereocenters. The molecule has 49 heavy (non-hydrogen) atoms. The van der Waals surface area contributed by atoms with Crippen LogP contribution in [0.4, 0.5) is 32.0 Å². The van der Waals surface area contributed by atoms with E-state index in [1.54, 1.807) is 5.32 Å². The van der Waals surface area contributed by atoms with E-state index in [0.29, 0.717) is 0 Å². The van der Waals surface area contributed by atoms with Gasteiger partial charge in [-0.2, -0.15) is 26.3 Å². The van der Waals surface area contributed by atoms with Gasteiger partial charge in [0.2, 0.25) is 0 Å². The van der Waals surface area contributed by atoms with Gasteiger partial charge in [-0.15, -0.1) is 5.06 Å². The number of hydroxylamine groups is 2. The number of carbonyl (C=O) groups excluding carboxylic acids is 5. The lowest BCUT2D eigenvalue weighted by Crippen LogP contribution is -2.32. The van der Waals surface area contributed by atoms with Crippen LogP contribution in [0.1, 0.15) is 33.6 Å². The predicted octanol–water partition coefficient (Wildman–Crippen LogP) is 5.92. The maximum Gasteiger partial charge on any atom is 0.473 e. The molecule has 254 valence electrons. The molecule has 0 unspecified atom stereocenters. The highest BCUT2D eigenvalue weighted by atomic mass is 35.5. The average molecular weight is 732 g/mol. The van der Waals surface area contributed by atoms with Gasteiger partial charge < -0.3 is 19.7 Å². The molecule has 2 aromatic rings. The standard InChI is InChI=1S/C29H13Cl2F6N3O9/c30-15-9-14(25(45)49-40-18(41)5-6-19(40)42)23(31)22(24(43)44)21(15)20-12-3-1-10(38-26(46)28(32,33)34)7-16(12)48-17-8-11(2-4-13(17)20)39-27(47)29(35,36)37/h1-4,7-9H,5-6H2,(H,38,46)(H,43,44). The van der Waals surface area contributed by atoms with E-state index in [0.717, 1.165) is 42.5 Å². The molecule has 20 heteroatoms. The maximum atomic E-state index is 13.0. The summed E-state index contributed by atoms with van der Waals surface area (Å²) in [6.45, 7) is 0. The van der Waals surface area contributed by atoms with Crippen LogP contribution in [-0.4, -0.2) is 58.1 Å². The number of nitrogens with one attached hydrogen (secondary N) is 1. The molecular formula is C29H13Cl2F6N3O9. The molecule has 1 aliphatic carbocycles. The highest BCUT2D eigenvalue weighted by molar-refractivity contribution is 6.41. The van der Waals surface area contributed by atoms with E-state index in [-0.39, 0.29) is 40.0 Å². The summed E-state index contributed by atoms with van der Waals surface area (Å²) < 4.78 is 83.1. The molecule has 2 aromatic carbocycles. The molecule has 5 rings (SSSR count). The van der Waals surface area contributed by atoms with Gasteiger partial charge in [-0.3, -0.25) is 19.2 Å². The number of amides is 4. The Labute approximate surface area is 276 Å². The number of benzene rings is 3. The van der Waals surface area contributed by atoms with Crippen molar-refractivity contribution in [1.29, 1.82) is 0 Å². The first kappa shape index (κ1) is 34.8. The average Bonchev–Trinajstić information content (AvgIpc) is 3.31. The zero-order valence-corrected chi connectivity index (χ0v) is 25.1. The molecule has 4 amide bonds. The van der Waals surface area contributed by atoms with Crippen molar-refractivity contribution in [3.8, 4) is 22.5 Å². The maximum absolute atomic E-state index is 13.0. The Balaban J connectivity index is 1.78. The fourth-order valence-electron chi connectivity index (χ4n) is 4.69. The molecule has 1 saturated heterocycles. The molecule has 2 N–H and O–H groups in total. The number of hydrogen-bond donors (Lipinski definition) is 2. The normalized spacial score (nSPS) is 14.1. The molecule has 2 heterocycles. The second kappa shape index (κ2) is 12.5. The summed E-state index contributed by atoms with van der Waals surface area (Å²) in [5.41, 5.74) is -3.21. The van der Waals surface area contributed by atoms with E-state index in [1.807, 2.05) is 0 Å². The van der Waals surface area contributed by atoms with Gasteiger partial charge in [0.1, 0.15) is 11.3 Å². The summed E-state index contributed by atoms with van der Waals surface area (Å²) in [6.07, 6.45) is -11.2. The van der Waals surface area contributed by atoms with Crippen molar-refractivity contribution in [2.24, 2.45) is 4.99 Å². The second-order valence-electron chi connectivity index (χ2n) is 9.97. The van der Waals surface area contributed by atoms with Crippen LogP contribution in [0.2, 0.25) is 10.0 Å². The smallest absolute Gasteiger partial charge is 0.473 e. The Morgan fingerprint density at radius 2 is 1.55 bits per heavy atom. The number of halogens is 8. The molecule has 1 fully saturated rings. The van der Waals surface area contributed by atoms with Crippen molar-refractivity contribution in [3.05, 3.63) is 69.0 Å². The van der Waals surface area contributed by atoms with Crippen LogP contribution in [-0.2, 0) is 24.0 Å². The minimum atomic E-state index is -5.36. The minimum absolute atomic E-state index is 0.0994. The van der Waals surface area contributed by atoms with E-state index in [9.17, 15) is 60.2 Å². The van der Waals surface area contributed by atoms with Crippen LogP contribution in [0.3, 0.4) is 0 Å². The van der Waals surface area contributed by atoms with Crippen LogP contribution in [0, 0.1) is 0 Å². The number of anilines is 1. The number of carboxylic acid groups (broad SMARTS) is 1. The van der Waals surface area contributed by atoms with E-state index in [4.69, 9.17) is 32.5 Å². The molecule has 0 radical (unpaired) electrons. The number of rotatable bonds is 5. The number of carbonyl (C=O) groups is 6. The highest BCUT2D eigenvalue weighted by Gasteiger charge is 2.40. The summed E-state index contributed by atoms with van der Waals surface area (Å²) in [6, 6.07) is 6.61. The van der Waals surface area contributed by atoms with Gasteiger partial charge in [0.05, 0.1) is 26.5 Å². The van der Waals surface area contributed by atoms with Gasteiger partial charge in [0, 0.05) is 52.7 Å². The second-order valence-corrected chi connectivity index (χ2v) is 10.8. The Morgan fingerprint density at radius 1 is 0.898 bits per heavy atom. The quantitative estimate of drug-likeness (QED) is 0.144. The number of nitrogens with zero attached hydrogens (tertiary/aromatic N) is 2. The van der Waals surface area contributed by atoms with Crippen molar-refractivity contribution in [2.45, 2.75) is 25.2 Å². The number of fused-ring (bicyclic) bond motifs is 2. The SMILES string of the molecule is O=C(ON1C(=O)CCC1=O)c1cc(Cl)c(-c2c3ccc(=NC(=O)C(F)(F)F)cc-3oc3cc(NC(=O)C(F)(F)F)ccc23)c(C(=O)O)c1Cl. The van der Waals surface area contributed by atoms with Crippen LogP contribution >= 0.6 is 23.2 Å². The first-order valence-electron chi connectivity index (χ1n) is 13.2.